The summed E-state index contributed by atoms with van der Waals surface area (Å²) in [6.07, 6.45) is -7.90. The molecule has 2 aromatic rings. The van der Waals surface area contributed by atoms with Crippen molar-refractivity contribution in [2.75, 3.05) is 31.1 Å². The Labute approximate surface area is 223 Å². The van der Waals surface area contributed by atoms with Gasteiger partial charge in [-0.15, -0.1) is 0 Å². The number of aliphatic carboxylic acids is 1. The van der Waals surface area contributed by atoms with E-state index >= 15 is 0 Å². The Kier molecular flexibility index (Phi) is 9.61. The summed E-state index contributed by atoms with van der Waals surface area (Å²) in [5.74, 6) is -2.85. The van der Waals surface area contributed by atoms with Gasteiger partial charge in [-0.25, -0.2) is 14.8 Å². The van der Waals surface area contributed by atoms with Gasteiger partial charge in [0, 0.05) is 49.0 Å². The van der Waals surface area contributed by atoms with Crippen LogP contribution in [-0.4, -0.2) is 87.5 Å². The molecule has 0 aliphatic carbocycles. The molecule has 0 radical (unpaired) electrons. The number of carbonyl (C=O) groups is 2. The molecule has 39 heavy (non-hydrogen) atoms. The molecule has 2 fully saturated rings. The van der Waals surface area contributed by atoms with E-state index < -0.39 is 30.1 Å². The van der Waals surface area contributed by atoms with Gasteiger partial charge < -0.3 is 25.3 Å². The number of piperidine rings is 1. The van der Waals surface area contributed by atoms with Crippen LogP contribution in [0, 0.1) is 0 Å². The Morgan fingerprint density at radius 2 is 1.59 bits per heavy atom. The van der Waals surface area contributed by atoms with Crippen molar-refractivity contribution in [3.05, 3.63) is 52.8 Å². The molecule has 2 atom stereocenters. The monoisotopic (exact) mass is 583 g/mol. The van der Waals surface area contributed by atoms with Gasteiger partial charge in [-0.3, -0.25) is 4.79 Å². The topological polar surface area (TPSA) is 119 Å². The molecule has 0 saturated carbocycles. The van der Waals surface area contributed by atoms with Gasteiger partial charge in [-0.2, -0.15) is 26.3 Å². The standard InChI is InChI=1S/C21H23ClF3N5O2.C2HF3O2/c22-14-3-1-13(2-4-14)19(32)29-9-6-15(7-10-29)27-16-11-30(12-17(16)31)20-26-8-5-18(28-20)21(23,24)25;3-2(4,5)1(6)7/h1-5,8,15-17,27,31H,6-7,9-12H2;(H,6,7)/t16-,17-;/m1./s1. The quantitative estimate of drug-likeness (QED) is 0.470. The number of hydrogen-bond acceptors (Lipinski definition) is 7. The van der Waals surface area contributed by atoms with Crippen molar-refractivity contribution in [1.29, 1.82) is 0 Å². The number of rotatable bonds is 4. The predicted octanol–water partition coefficient (Wildman–Crippen LogP) is 3.23. The molecule has 0 unspecified atom stereocenters. The third-order valence-electron chi connectivity index (χ3n) is 6.07. The van der Waals surface area contributed by atoms with Crippen molar-refractivity contribution >= 4 is 29.4 Å². The van der Waals surface area contributed by atoms with Crippen LogP contribution in [0.2, 0.25) is 5.02 Å². The largest absolute Gasteiger partial charge is 0.490 e. The van der Waals surface area contributed by atoms with Crippen molar-refractivity contribution in [3.8, 4) is 0 Å². The molecule has 9 nitrogen and oxygen atoms in total. The molecule has 214 valence electrons. The number of aromatic nitrogens is 2. The summed E-state index contributed by atoms with van der Waals surface area (Å²) < 4.78 is 70.5. The molecule has 1 aromatic heterocycles. The fourth-order valence-corrected chi connectivity index (χ4v) is 4.23. The molecule has 1 aromatic carbocycles. The Balaban J connectivity index is 0.000000532. The van der Waals surface area contributed by atoms with E-state index in [4.69, 9.17) is 21.5 Å². The number of aliphatic hydroxyl groups is 1. The van der Waals surface area contributed by atoms with Crippen LogP contribution in [0.4, 0.5) is 32.3 Å². The highest BCUT2D eigenvalue weighted by molar-refractivity contribution is 6.30. The molecule has 0 spiro atoms. The summed E-state index contributed by atoms with van der Waals surface area (Å²) in [4.78, 5) is 32.4. The van der Waals surface area contributed by atoms with Gasteiger partial charge in [-0.05, 0) is 43.2 Å². The van der Waals surface area contributed by atoms with E-state index in [1.54, 1.807) is 34.1 Å². The molecule has 0 bridgehead atoms. The molecular weight excluding hydrogens is 560 g/mol. The van der Waals surface area contributed by atoms with Crippen LogP contribution in [0.25, 0.3) is 0 Å². The van der Waals surface area contributed by atoms with E-state index in [1.165, 1.54) is 0 Å². The van der Waals surface area contributed by atoms with Crippen LogP contribution in [0.15, 0.2) is 36.5 Å². The lowest BCUT2D eigenvalue weighted by atomic mass is 10.0. The number of nitrogens with one attached hydrogen (secondary N) is 1. The summed E-state index contributed by atoms with van der Waals surface area (Å²) in [6.45, 7) is 1.59. The summed E-state index contributed by atoms with van der Waals surface area (Å²) in [6, 6.07) is 7.37. The minimum Gasteiger partial charge on any atom is -0.475 e. The van der Waals surface area contributed by atoms with Gasteiger partial charge in [0.2, 0.25) is 5.95 Å². The minimum absolute atomic E-state index is 0.0473. The lowest BCUT2D eigenvalue weighted by molar-refractivity contribution is -0.192. The Morgan fingerprint density at radius 3 is 2.13 bits per heavy atom. The average Bonchev–Trinajstić information content (AvgIpc) is 3.24. The van der Waals surface area contributed by atoms with Crippen LogP contribution < -0.4 is 10.2 Å². The van der Waals surface area contributed by atoms with Crippen molar-refractivity contribution in [1.82, 2.24) is 20.2 Å². The van der Waals surface area contributed by atoms with Crippen molar-refractivity contribution in [3.63, 3.8) is 0 Å². The number of amides is 1. The van der Waals surface area contributed by atoms with E-state index in [9.17, 15) is 36.2 Å². The van der Waals surface area contributed by atoms with Crippen LogP contribution in [0.3, 0.4) is 0 Å². The molecule has 3 N–H and O–H groups in total. The van der Waals surface area contributed by atoms with Crippen LogP contribution >= 0.6 is 11.6 Å². The first-order valence-corrected chi connectivity index (χ1v) is 12.0. The van der Waals surface area contributed by atoms with Crippen LogP contribution in [-0.2, 0) is 11.0 Å². The Morgan fingerprint density at radius 1 is 1.00 bits per heavy atom. The maximum absolute atomic E-state index is 12.9. The van der Waals surface area contributed by atoms with Gasteiger partial charge >= 0.3 is 18.3 Å². The molecule has 2 saturated heterocycles. The highest BCUT2D eigenvalue weighted by Gasteiger charge is 2.39. The third-order valence-corrected chi connectivity index (χ3v) is 6.32. The fraction of sp³-hybridized carbons (Fsp3) is 0.478. The second-order valence-electron chi connectivity index (χ2n) is 8.86. The highest BCUT2D eigenvalue weighted by Crippen LogP contribution is 2.29. The van der Waals surface area contributed by atoms with Gasteiger partial charge in [0.1, 0.15) is 5.69 Å². The third kappa shape index (κ3) is 8.41. The number of nitrogens with zero attached hydrogens (tertiary/aromatic N) is 4. The SMILES string of the molecule is O=C(O)C(F)(F)F.O=C(c1ccc(Cl)cc1)N1CCC(N[C@@H]2CN(c3nccc(C(F)(F)F)n3)C[C@H]2O)CC1. The molecule has 2 aliphatic rings. The molecule has 16 heteroatoms. The van der Waals surface area contributed by atoms with Gasteiger partial charge in [0.05, 0.1) is 12.1 Å². The summed E-state index contributed by atoms with van der Waals surface area (Å²) in [7, 11) is 0. The van der Waals surface area contributed by atoms with Crippen LogP contribution in [0.5, 0.6) is 0 Å². The zero-order valence-electron chi connectivity index (χ0n) is 20.1. The number of hydrogen-bond donors (Lipinski definition) is 3. The lowest BCUT2D eigenvalue weighted by Gasteiger charge is -2.34. The second-order valence-corrected chi connectivity index (χ2v) is 9.30. The molecule has 2 aliphatic heterocycles. The molecule has 1 amide bonds. The summed E-state index contributed by atoms with van der Waals surface area (Å²) >= 11 is 5.88. The number of aliphatic hydroxyl groups excluding tert-OH is 1. The van der Waals surface area contributed by atoms with E-state index in [-0.39, 0.29) is 30.5 Å². The Bertz CT molecular complexity index is 1140. The average molecular weight is 584 g/mol. The number of anilines is 1. The van der Waals surface area contributed by atoms with E-state index in [1.807, 2.05) is 0 Å². The molecule has 4 rings (SSSR count). The first-order valence-electron chi connectivity index (χ1n) is 11.6. The molecule has 3 heterocycles. The number of carboxylic acid groups (broad SMARTS) is 1. The number of halogens is 7. The minimum atomic E-state index is -5.08. The maximum atomic E-state index is 12.9. The van der Waals surface area contributed by atoms with Gasteiger partial charge in [-0.1, -0.05) is 11.6 Å². The first kappa shape index (κ1) is 30.4. The van der Waals surface area contributed by atoms with E-state index in [0.29, 0.717) is 43.1 Å². The summed E-state index contributed by atoms with van der Waals surface area (Å²) in [5.41, 5.74) is -0.421. The maximum Gasteiger partial charge on any atom is 0.490 e. The number of alkyl halides is 6. The first-order chi connectivity index (χ1) is 18.1. The van der Waals surface area contributed by atoms with E-state index in [0.717, 1.165) is 12.3 Å². The molecular formula is C23H24ClF6N5O4. The van der Waals surface area contributed by atoms with Crippen molar-refractivity contribution in [2.45, 2.75) is 43.4 Å². The number of benzene rings is 1. The number of likely N-dealkylation sites (tertiary alicyclic amines) is 1. The fourth-order valence-electron chi connectivity index (χ4n) is 4.10. The number of carboxylic acids is 1. The zero-order valence-corrected chi connectivity index (χ0v) is 20.8. The Hall–Kier alpha value is -3.17. The second kappa shape index (κ2) is 12.3. The number of β-amino-alcohol motifs (C(OH)–C–C–N with tert-alkyl or cyclic N) is 1. The number of carbonyl (C=O) groups excluding carboxylic acids is 1. The smallest absolute Gasteiger partial charge is 0.475 e. The van der Waals surface area contributed by atoms with Crippen molar-refractivity contribution < 1.29 is 46.1 Å². The summed E-state index contributed by atoms with van der Waals surface area (Å²) in [5, 5.41) is 21.5. The van der Waals surface area contributed by atoms with Gasteiger partial charge in [0.25, 0.3) is 5.91 Å². The normalized spacial score (nSPS) is 20.4. The highest BCUT2D eigenvalue weighted by atomic mass is 35.5. The van der Waals surface area contributed by atoms with Crippen molar-refractivity contribution in [2.24, 2.45) is 0 Å². The van der Waals surface area contributed by atoms with Gasteiger partial charge in [0.15, 0.2) is 0 Å². The lowest BCUT2D eigenvalue weighted by Crippen LogP contribution is -2.50. The zero-order chi connectivity index (χ0) is 29.0. The predicted molar refractivity (Wildman–Crippen MR) is 126 cm³/mol. The van der Waals surface area contributed by atoms with Crippen LogP contribution in [0.1, 0.15) is 28.9 Å². The van der Waals surface area contributed by atoms with E-state index in [2.05, 4.69) is 15.3 Å².